The smallest absolute Gasteiger partial charge is 0.0850 e. The Labute approximate surface area is 114 Å². The van der Waals surface area contributed by atoms with Gasteiger partial charge in [0.1, 0.15) is 0 Å². The number of hydrogen-bond acceptors (Lipinski definition) is 2. The van der Waals surface area contributed by atoms with E-state index in [1.807, 2.05) is 18.7 Å². The van der Waals surface area contributed by atoms with Crippen molar-refractivity contribution in [2.24, 2.45) is 7.05 Å². The first kappa shape index (κ1) is 13.6. The van der Waals surface area contributed by atoms with E-state index < -0.39 is 0 Å². The van der Waals surface area contributed by atoms with Crippen molar-refractivity contribution in [3.05, 3.63) is 28.1 Å². The molecule has 0 bridgehead atoms. The van der Waals surface area contributed by atoms with Gasteiger partial charge >= 0.3 is 0 Å². The molecule has 0 aromatic carbocycles. The molecule has 18 heavy (non-hydrogen) atoms. The second kappa shape index (κ2) is 5.89. The molecule has 0 atom stereocenters. The molecule has 0 radical (unpaired) electrons. The molecule has 1 saturated carbocycles. The van der Waals surface area contributed by atoms with Gasteiger partial charge in [0.15, 0.2) is 0 Å². The van der Waals surface area contributed by atoms with Gasteiger partial charge in [0, 0.05) is 19.5 Å². The van der Waals surface area contributed by atoms with E-state index in [1.165, 1.54) is 18.4 Å². The molecule has 1 aliphatic carbocycles. The van der Waals surface area contributed by atoms with Crippen LogP contribution in [0.3, 0.4) is 0 Å². The van der Waals surface area contributed by atoms with E-state index in [0.29, 0.717) is 0 Å². The zero-order valence-electron chi connectivity index (χ0n) is 11.5. The second-order valence-corrected chi connectivity index (χ2v) is 5.59. The zero-order valence-corrected chi connectivity index (χ0v) is 12.2. The highest BCUT2D eigenvalue weighted by Gasteiger charge is 2.19. The van der Waals surface area contributed by atoms with E-state index in [-0.39, 0.29) is 0 Å². The number of aromatic nitrogens is 2. The summed E-state index contributed by atoms with van der Waals surface area (Å²) in [4.78, 5) is 0. The summed E-state index contributed by atoms with van der Waals surface area (Å²) in [6.45, 7) is 5.19. The van der Waals surface area contributed by atoms with Crippen LogP contribution < -0.4 is 5.32 Å². The summed E-state index contributed by atoms with van der Waals surface area (Å²) in [6.07, 6.45) is 6.99. The predicted octanol–water partition coefficient (Wildman–Crippen LogP) is 3.01. The van der Waals surface area contributed by atoms with Crippen LogP contribution in [-0.2, 0) is 13.5 Å². The van der Waals surface area contributed by atoms with Crippen molar-refractivity contribution in [3.8, 4) is 0 Å². The van der Waals surface area contributed by atoms with Crippen molar-refractivity contribution < 1.29 is 0 Å². The van der Waals surface area contributed by atoms with Gasteiger partial charge in [-0.1, -0.05) is 23.3 Å². The molecule has 0 unspecified atom stereocenters. The average molecular weight is 268 g/mol. The van der Waals surface area contributed by atoms with Crippen LogP contribution in [-0.4, -0.2) is 22.4 Å². The minimum absolute atomic E-state index is 0.799. The first-order valence-corrected chi connectivity index (χ1v) is 7.02. The first-order chi connectivity index (χ1) is 8.58. The van der Waals surface area contributed by atoms with Crippen molar-refractivity contribution in [2.45, 2.75) is 45.6 Å². The lowest BCUT2D eigenvalue weighted by Gasteiger charge is -2.04. The van der Waals surface area contributed by atoms with Crippen LogP contribution >= 0.6 is 11.6 Å². The van der Waals surface area contributed by atoms with Crippen molar-refractivity contribution in [1.29, 1.82) is 0 Å². The van der Waals surface area contributed by atoms with Gasteiger partial charge in [-0.05, 0) is 39.7 Å². The number of rotatable bonds is 6. The third-order valence-electron chi connectivity index (χ3n) is 3.36. The lowest BCUT2D eigenvalue weighted by atomic mass is 10.1. The number of aryl methyl sites for hydroxylation is 2. The third-order valence-corrected chi connectivity index (χ3v) is 3.85. The highest BCUT2D eigenvalue weighted by atomic mass is 35.5. The summed E-state index contributed by atoms with van der Waals surface area (Å²) in [6, 6.07) is 0.799. The molecule has 1 aromatic heterocycles. The normalized spacial score (nSPS) is 16.3. The number of allylic oxidation sites excluding steroid dienone is 1. The van der Waals surface area contributed by atoms with Crippen LogP contribution in [0.25, 0.3) is 0 Å². The van der Waals surface area contributed by atoms with Crippen LogP contribution in [0.4, 0.5) is 0 Å². The van der Waals surface area contributed by atoms with Crippen molar-refractivity contribution >= 4 is 11.6 Å². The molecule has 1 fully saturated rings. The molecular weight excluding hydrogens is 246 g/mol. The summed E-state index contributed by atoms with van der Waals surface area (Å²) >= 11 is 6.25. The third kappa shape index (κ3) is 3.59. The highest BCUT2D eigenvalue weighted by Crippen LogP contribution is 2.22. The van der Waals surface area contributed by atoms with Crippen molar-refractivity contribution in [1.82, 2.24) is 15.1 Å². The van der Waals surface area contributed by atoms with E-state index in [0.717, 1.165) is 41.8 Å². The summed E-state index contributed by atoms with van der Waals surface area (Å²) in [5, 5.41) is 8.66. The SMILES string of the molecule is CC(=CCCNC1CC1)Cc1c(Cl)c(C)nn1C. The van der Waals surface area contributed by atoms with E-state index in [1.54, 1.807) is 0 Å². The monoisotopic (exact) mass is 267 g/mol. The van der Waals surface area contributed by atoms with Gasteiger partial charge in [0.25, 0.3) is 0 Å². The van der Waals surface area contributed by atoms with Gasteiger partial charge in [0.2, 0.25) is 0 Å². The summed E-state index contributed by atoms with van der Waals surface area (Å²) < 4.78 is 1.89. The molecule has 1 N–H and O–H groups in total. The molecule has 1 aliphatic rings. The quantitative estimate of drug-likeness (QED) is 0.634. The zero-order chi connectivity index (χ0) is 13.1. The van der Waals surface area contributed by atoms with Gasteiger partial charge in [-0.2, -0.15) is 5.10 Å². The fourth-order valence-corrected chi connectivity index (χ4v) is 2.33. The van der Waals surface area contributed by atoms with Gasteiger partial charge < -0.3 is 5.32 Å². The topological polar surface area (TPSA) is 29.9 Å². The number of hydrogen-bond donors (Lipinski definition) is 1. The van der Waals surface area contributed by atoms with Gasteiger partial charge in [0.05, 0.1) is 16.4 Å². The van der Waals surface area contributed by atoms with Gasteiger partial charge in [-0.15, -0.1) is 0 Å². The summed E-state index contributed by atoms with van der Waals surface area (Å²) in [5.41, 5.74) is 3.38. The van der Waals surface area contributed by atoms with Crippen molar-refractivity contribution in [3.63, 3.8) is 0 Å². The minimum atomic E-state index is 0.799. The van der Waals surface area contributed by atoms with Crippen LogP contribution in [0.5, 0.6) is 0 Å². The number of halogens is 1. The Morgan fingerprint density at radius 2 is 2.28 bits per heavy atom. The molecule has 100 valence electrons. The largest absolute Gasteiger partial charge is 0.314 e. The van der Waals surface area contributed by atoms with Crippen LogP contribution in [0, 0.1) is 6.92 Å². The summed E-state index contributed by atoms with van der Waals surface area (Å²) in [5.74, 6) is 0. The molecule has 1 aromatic rings. The van der Waals surface area contributed by atoms with E-state index in [9.17, 15) is 0 Å². The van der Waals surface area contributed by atoms with Crippen molar-refractivity contribution in [2.75, 3.05) is 6.54 Å². The van der Waals surface area contributed by atoms with E-state index in [4.69, 9.17) is 11.6 Å². The standard InChI is InChI=1S/C14H22ClN3/c1-10(5-4-8-16-12-6-7-12)9-13-14(15)11(2)17-18(13)3/h5,12,16H,4,6-9H2,1-3H3. The predicted molar refractivity (Wildman–Crippen MR) is 76.1 cm³/mol. The fraction of sp³-hybridized carbons (Fsp3) is 0.643. The van der Waals surface area contributed by atoms with Crippen LogP contribution in [0.1, 0.15) is 37.6 Å². The summed E-state index contributed by atoms with van der Waals surface area (Å²) in [7, 11) is 1.95. The lowest BCUT2D eigenvalue weighted by molar-refractivity contribution is 0.686. The first-order valence-electron chi connectivity index (χ1n) is 6.65. The number of nitrogens with one attached hydrogen (secondary N) is 1. The maximum atomic E-state index is 6.25. The van der Waals surface area contributed by atoms with Crippen LogP contribution in [0.2, 0.25) is 5.02 Å². The lowest BCUT2D eigenvalue weighted by Crippen LogP contribution is -2.16. The Kier molecular flexibility index (Phi) is 4.46. The van der Waals surface area contributed by atoms with Gasteiger partial charge in [-0.3, -0.25) is 4.68 Å². The Morgan fingerprint density at radius 3 is 2.83 bits per heavy atom. The Balaban J connectivity index is 1.84. The Hall–Kier alpha value is -0.800. The molecule has 3 nitrogen and oxygen atoms in total. The van der Waals surface area contributed by atoms with Gasteiger partial charge in [-0.25, -0.2) is 0 Å². The number of nitrogens with zero attached hydrogens (tertiary/aromatic N) is 2. The van der Waals surface area contributed by atoms with Crippen LogP contribution in [0.15, 0.2) is 11.6 Å². The minimum Gasteiger partial charge on any atom is -0.314 e. The van der Waals surface area contributed by atoms with E-state index in [2.05, 4.69) is 23.4 Å². The maximum absolute atomic E-state index is 6.25. The molecule has 4 heteroatoms. The molecule has 0 saturated heterocycles. The highest BCUT2D eigenvalue weighted by molar-refractivity contribution is 6.31. The Morgan fingerprint density at radius 1 is 1.56 bits per heavy atom. The average Bonchev–Trinajstić information content (AvgIpc) is 3.10. The molecule has 2 rings (SSSR count). The molecular formula is C14H22ClN3. The van der Waals surface area contributed by atoms with E-state index >= 15 is 0 Å². The molecule has 1 heterocycles. The molecule has 0 amide bonds. The fourth-order valence-electron chi connectivity index (χ4n) is 2.10. The Bertz CT molecular complexity index is 444. The molecule has 0 aliphatic heterocycles. The maximum Gasteiger partial charge on any atom is 0.0850 e. The second-order valence-electron chi connectivity index (χ2n) is 5.21. The molecule has 0 spiro atoms.